The van der Waals surface area contributed by atoms with Gasteiger partial charge in [-0.25, -0.2) is 0 Å². The van der Waals surface area contributed by atoms with Gasteiger partial charge in [0.05, 0.1) is 5.69 Å². The average Bonchev–Trinajstić information content (AvgIpc) is 3.11. The van der Waals surface area contributed by atoms with E-state index in [9.17, 15) is 9.59 Å². The first-order valence-electron chi connectivity index (χ1n) is 10.6. The van der Waals surface area contributed by atoms with Gasteiger partial charge in [-0.3, -0.25) is 9.59 Å². The Kier molecular flexibility index (Phi) is 7.10. The Morgan fingerprint density at radius 1 is 1.09 bits per heavy atom. The van der Waals surface area contributed by atoms with Crippen LogP contribution in [0.15, 0.2) is 59.1 Å². The van der Waals surface area contributed by atoms with Gasteiger partial charge in [0.1, 0.15) is 11.3 Å². The van der Waals surface area contributed by atoms with Gasteiger partial charge in [0, 0.05) is 24.3 Å². The minimum atomic E-state index is -0.270. The molecule has 3 rings (SSSR count). The van der Waals surface area contributed by atoms with Crippen molar-refractivity contribution in [2.45, 2.75) is 34.2 Å². The van der Waals surface area contributed by atoms with Crippen molar-refractivity contribution in [1.29, 1.82) is 0 Å². The summed E-state index contributed by atoms with van der Waals surface area (Å²) < 4.78 is 5.21. The number of amides is 2. The molecule has 0 radical (unpaired) electrons. The van der Waals surface area contributed by atoms with E-state index in [4.69, 9.17) is 10.3 Å². The molecule has 0 saturated carbocycles. The number of nitrogens with two attached hydrogens (primary N) is 1. The van der Waals surface area contributed by atoms with Crippen LogP contribution < -0.4 is 11.1 Å². The van der Waals surface area contributed by atoms with Crippen LogP contribution in [0.25, 0.3) is 0 Å². The molecule has 1 heterocycles. The van der Waals surface area contributed by atoms with E-state index < -0.39 is 0 Å². The maximum Gasteiger partial charge on any atom is 0.259 e. The molecule has 3 N–H and O–H groups in total. The van der Waals surface area contributed by atoms with Crippen LogP contribution in [-0.2, 0) is 6.54 Å². The van der Waals surface area contributed by atoms with Gasteiger partial charge in [-0.1, -0.05) is 49.3 Å². The molecule has 0 aliphatic heterocycles. The van der Waals surface area contributed by atoms with E-state index in [0.717, 1.165) is 5.56 Å². The summed E-state index contributed by atoms with van der Waals surface area (Å²) in [4.78, 5) is 27.7. The number of aromatic nitrogens is 1. The van der Waals surface area contributed by atoms with Gasteiger partial charge in [0.25, 0.3) is 11.8 Å². The van der Waals surface area contributed by atoms with E-state index in [1.807, 2.05) is 56.3 Å². The fraction of sp³-hybridized carbons (Fsp3) is 0.320. The van der Waals surface area contributed by atoms with Crippen molar-refractivity contribution < 1.29 is 14.1 Å². The first-order valence-corrected chi connectivity index (χ1v) is 10.6. The van der Waals surface area contributed by atoms with Crippen LogP contribution in [0.4, 0.5) is 5.69 Å². The Hall–Kier alpha value is -3.45. The van der Waals surface area contributed by atoms with Crippen molar-refractivity contribution >= 4 is 17.5 Å². The molecule has 0 bridgehead atoms. The van der Waals surface area contributed by atoms with E-state index in [2.05, 4.69) is 10.5 Å². The second-order valence-electron chi connectivity index (χ2n) is 8.75. The molecule has 0 unspecified atom stereocenters. The first kappa shape index (κ1) is 23.2. The molecule has 0 atom stereocenters. The molecule has 0 spiro atoms. The van der Waals surface area contributed by atoms with Crippen molar-refractivity contribution in [3.05, 3.63) is 82.7 Å². The molecule has 7 nitrogen and oxygen atoms in total. The highest BCUT2D eigenvalue weighted by Gasteiger charge is 2.28. The number of hydrogen-bond donors (Lipinski definition) is 2. The Bertz CT molecular complexity index is 1070. The van der Waals surface area contributed by atoms with Crippen molar-refractivity contribution in [3.63, 3.8) is 0 Å². The lowest BCUT2D eigenvalue weighted by molar-refractivity contribution is 0.0670. The molecule has 0 saturated heterocycles. The SMILES string of the molecule is Cc1noc(C)c1C(=O)N(Cc1cccc(NC(=O)c2ccccc2)c1)CC(C)(C)CN. The second kappa shape index (κ2) is 9.78. The molecular weight excluding hydrogens is 404 g/mol. The Morgan fingerprint density at radius 2 is 1.81 bits per heavy atom. The number of carbonyl (C=O) groups excluding carboxylic acids is 2. The van der Waals surface area contributed by atoms with Crippen LogP contribution in [0.5, 0.6) is 0 Å². The van der Waals surface area contributed by atoms with Crippen molar-refractivity contribution in [3.8, 4) is 0 Å². The standard InChI is InChI=1S/C25H30N4O3/c1-17-22(18(2)32-28-17)24(31)29(16-25(3,4)15-26)14-19-9-8-12-21(13-19)27-23(30)20-10-6-5-7-11-20/h5-13H,14-16,26H2,1-4H3,(H,27,30). The number of anilines is 1. The zero-order valence-electron chi connectivity index (χ0n) is 19.0. The summed E-state index contributed by atoms with van der Waals surface area (Å²) >= 11 is 0. The largest absolute Gasteiger partial charge is 0.361 e. The van der Waals surface area contributed by atoms with Gasteiger partial charge >= 0.3 is 0 Å². The molecule has 2 amide bonds. The normalized spacial score (nSPS) is 11.3. The van der Waals surface area contributed by atoms with E-state index in [0.29, 0.717) is 47.9 Å². The predicted molar refractivity (Wildman–Crippen MR) is 124 cm³/mol. The Morgan fingerprint density at radius 3 is 2.44 bits per heavy atom. The average molecular weight is 435 g/mol. The minimum absolute atomic E-state index is 0.151. The zero-order valence-corrected chi connectivity index (χ0v) is 19.0. The second-order valence-corrected chi connectivity index (χ2v) is 8.75. The van der Waals surface area contributed by atoms with Crippen LogP contribution in [0.2, 0.25) is 0 Å². The van der Waals surface area contributed by atoms with Gasteiger partial charge in [-0.2, -0.15) is 0 Å². The molecule has 32 heavy (non-hydrogen) atoms. The molecule has 0 aliphatic rings. The number of nitrogens with one attached hydrogen (secondary N) is 1. The summed E-state index contributed by atoms with van der Waals surface area (Å²) in [7, 11) is 0. The number of nitrogens with zero attached hydrogens (tertiary/aromatic N) is 2. The number of benzene rings is 2. The molecule has 2 aromatic carbocycles. The summed E-state index contributed by atoms with van der Waals surface area (Å²) in [6.45, 7) is 8.81. The van der Waals surface area contributed by atoms with E-state index >= 15 is 0 Å². The quantitative estimate of drug-likeness (QED) is 0.554. The molecule has 1 aromatic heterocycles. The van der Waals surface area contributed by atoms with E-state index in [1.54, 1.807) is 30.9 Å². The number of hydrogen-bond acceptors (Lipinski definition) is 5. The minimum Gasteiger partial charge on any atom is -0.361 e. The maximum absolute atomic E-state index is 13.4. The van der Waals surface area contributed by atoms with Gasteiger partial charge in [-0.05, 0) is 55.6 Å². The summed E-state index contributed by atoms with van der Waals surface area (Å²) in [6, 6.07) is 16.5. The van der Waals surface area contributed by atoms with Crippen molar-refractivity contribution in [2.75, 3.05) is 18.4 Å². The van der Waals surface area contributed by atoms with E-state index in [-0.39, 0.29) is 17.2 Å². The monoisotopic (exact) mass is 434 g/mol. The number of carbonyl (C=O) groups is 2. The molecular formula is C25H30N4O3. The molecule has 0 fully saturated rings. The van der Waals surface area contributed by atoms with Crippen LogP contribution in [0.3, 0.4) is 0 Å². The van der Waals surface area contributed by atoms with Crippen LogP contribution in [0, 0.1) is 19.3 Å². The van der Waals surface area contributed by atoms with Crippen LogP contribution >= 0.6 is 0 Å². The maximum atomic E-state index is 13.4. The summed E-state index contributed by atoms with van der Waals surface area (Å²) in [5.41, 5.74) is 8.85. The number of rotatable bonds is 8. The third-order valence-electron chi connectivity index (χ3n) is 5.30. The van der Waals surface area contributed by atoms with Gasteiger partial charge in [0.15, 0.2) is 0 Å². The molecule has 168 valence electrons. The Labute approximate surface area is 188 Å². The highest BCUT2D eigenvalue weighted by molar-refractivity contribution is 6.04. The first-order chi connectivity index (χ1) is 15.2. The van der Waals surface area contributed by atoms with E-state index in [1.165, 1.54) is 0 Å². The van der Waals surface area contributed by atoms with Crippen LogP contribution in [0.1, 0.15) is 51.6 Å². The van der Waals surface area contributed by atoms with Crippen molar-refractivity contribution in [1.82, 2.24) is 10.1 Å². The smallest absolute Gasteiger partial charge is 0.259 e. The molecule has 3 aromatic rings. The summed E-state index contributed by atoms with van der Waals surface area (Å²) in [6.07, 6.45) is 0. The lowest BCUT2D eigenvalue weighted by Gasteiger charge is -2.32. The summed E-state index contributed by atoms with van der Waals surface area (Å²) in [5.74, 6) is 0.157. The summed E-state index contributed by atoms with van der Waals surface area (Å²) in [5, 5.41) is 6.84. The lowest BCUT2D eigenvalue weighted by Crippen LogP contribution is -2.42. The highest BCUT2D eigenvalue weighted by atomic mass is 16.5. The predicted octanol–water partition coefficient (Wildman–Crippen LogP) is 4.17. The fourth-order valence-corrected chi connectivity index (χ4v) is 3.49. The number of aryl methyl sites for hydroxylation is 2. The Balaban J connectivity index is 1.83. The highest BCUT2D eigenvalue weighted by Crippen LogP contribution is 2.23. The third-order valence-corrected chi connectivity index (χ3v) is 5.30. The topological polar surface area (TPSA) is 101 Å². The fourth-order valence-electron chi connectivity index (χ4n) is 3.49. The third kappa shape index (κ3) is 5.62. The molecule has 0 aliphatic carbocycles. The zero-order chi connectivity index (χ0) is 23.3. The van der Waals surface area contributed by atoms with Gasteiger partial charge < -0.3 is 20.5 Å². The van der Waals surface area contributed by atoms with Crippen LogP contribution in [-0.4, -0.2) is 35.0 Å². The molecule has 7 heteroatoms. The van der Waals surface area contributed by atoms with Gasteiger partial charge in [0.2, 0.25) is 0 Å². The lowest BCUT2D eigenvalue weighted by atomic mass is 9.92. The van der Waals surface area contributed by atoms with Crippen molar-refractivity contribution in [2.24, 2.45) is 11.1 Å². The van der Waals surface area contributed by atoms with Gasteiger partial charge in [-0.15, -0.1) is 0 Å².